The Kier molecular flexibility index (Phi) is 5.52. The molecule has 0 bridgehead atoms. The second kappa shape index (κ2) is 7.59. The molecule has 0 aliphatic heterocycles. The SMILES string of the molecule is CCN(CC)C(=O)CCc1nc(-c2ccccc2OC)no1. The van der Waals surface area contributed by atoms with Gasteiger partial charge in [0.05, 0.1) is 12.7 Å². The average Bonchev–Trinajstić information content (AvgIpc) is 3.02. The first-order chi connectivity index (χ1) is 10.7. The van der Waals surface area contributed by atoms with Crippen LogP contribution in [0.4, 0.5) is 0 Å². The Labute approximate surface area is 130 Å². The lowest BCUT2D eigenvalue weighted by molar-refractivity contribution is -0.130. The zero-order valence-electron chi connectivity index (χ0n) is 13.2. The van der Waals surface area contributed by atoms with Crippen molar-refractivity contribution in [2.45, 2.75) is 26.7 Å². The van der Waals surface area contributed by atoms with Gasteiger partial charge < -0.3 is 14.2 Å². The maximum atomic E-state index is 12.0. The van der Waals surface area contributed by atoms with Crippen molar-refractivity contribution in [2.75, 3.05) is 20.2 Å². The van der Waals surface area contributed by atoms with E-state index in [2.05, 4.69) is 10.1 Å². The molecule has 0 N–H and O–H groups in total. The van der Waals surface area contributed by atoms with Crippen LogP contribution in [0.3, 0.4) is 0 Å². The molecule has 1 aromatic carbocycles. The monoisotopic (exact) mass is 303 g/mol. The molecule has 6 nitrogen and oxygen atoms in total. The number of benzene rings is 1. The number of methoxy groups -OCH3 is 1. The minimum atomic E-state index is 0.0991. The molecule has 1 aromatic heterocycles. The van der Waals surface area contributed by atoms with Gasteiger partial charge in [0.15, 0.2) is 0 Å². The van der Waals surface area contributed by atoms with E-state index in [9.17, 15) is 4.79 Å². The smallest absolute Gasteiger partial charge is 0.227 e. The van der Waals surface area contributed by atoms with Crippen LogP contribution >= 0.6 is 0 Å². The van der Waals surface area contributed by atoms with Gasteiger partial charge in [0.1, 0.15) is 5.75 Å². The first kappa shape index (κ1) is 16.0. The third-order valence-corrected chi connectivity index (χ3v) is 3.48. The highest BCUT2D eigenvalue weighted by atomic mass is 16.5. The van der Waals surface area contributed by atoms with Crippen LogP contribution in [0.15, 0.2) is 28.8 Å². The van der Waals surface area contributed by atoms with Crippen LogP contribution in [0.1, 0.15) is 26.2 Å². The van der Waals surface area contributed by atoms with Crippen molar-refractivity contribution in [3.8, 4) is 17.1 Å². The number of rotatable bonds is 7. The maximum Gasteiger partial charge on any atom is 0.227 e. The van der Waals surface area contributed by atoms with E-state index in [4.69, 9.17) is 9.26 Å². The molecule has 0 fully saturated rings. The third kappa shape index (κ3) is 3.63. The van der Waals surface area contributed by atoms with Crippen LogP contribution in [0, 0.1) is 0 Å². The van der Waals surface area contributed by atoms with Crippen molar-refractivity contribution in [3.63, 3.8) is 0 Å². The zero-order chi connectivity index (χ0) is 15.9. The zero-order valence-corrected chi connectivity index (χ0v) is 13.2. The molecule has 0 saturated carbocycles. The van der Waals surface area contributed by atoms with Gasteiger partial charge in [-0.3, -0.25) is 4.79 Å². The number of ether oxygens (including phenoxy) is 1. The Hall–Kier alpha value is -2.37. The third-order valence-electron chi connectivity index (χ3n) is 3.48. The number of aromatic nitrogens is 2. The number of hydrogen-bond donors (Lipinski definition) is 0. The Bertz CT molecular complexity index is 621. The normalized spacial score (nSPS) is 10.5. The van der Waals surface area contributed by atoms with E-state index >= 15 is 0 Å². The van der Waals surface area contributed by atoms with Gasteiger partial charge in [-0.2, -0.15) is 4.98 Å². The van der Waals surface area contributed by atoms with Crippen LogP contribution in [0.5, 0.6) is 5.75 Å². The number of hydrogen-bond acceptors (Lipinski definition) is 5. The number of para-hydroxylation sites is 1. The lowest BCUT2D eigenvalue weighted by Crippen LogP contribution is -2.30. The highest BCUT2D eigenvalue weighted by Crippen LogP contribution is 2.27. The lowest BCUT2D eigenvalue weighted by atomic mass is 10.2. The van der Waals surface area contributed by atoms with E-state index in [1.54, 1.807) is 12.0 Å². The van der Waals surface area contributed by atoms with E-state index < -0.39 is 0 Å². The molecule has 0 spiro atoms. The van der Waals surface area contributed by atoms with Crippen molar-refractivity contribution < 1.29 is 14.1 Å². The summed E-state index contributed by atoms with van der Waals surface area (Å²) in [7, 11) is 1.60. The van der Waals surface area contributed by atoms with Crippen LogP contribution in [-0.2, 0) is 11.2 Å². The summed E-state index contributed by atoms with van der Waals surface area (Å²) in [6.07, 6.45) is 0.812. The van der Waals surface area contributed by atoms with Crippen molar-refractivity contribution in [2.24, 2.45) is 0 Å². The van der Waals surface area contributed by atoms with Crippen LogP contribution in [0.25, 0.3) is 11.4 Å². The van der Waals surface area contributed by atoms with Crippen molar-refractivity contribution >= 4 is 5.91 Å². The first-order valence-electron chi connectivity index (χ1n) is 7.43. The molecule has 0 saturated heterocycles. The molecule has 1 heterocycles. The van der Waals surface area contributed by atoms with Crippen molar-refractivity contribution in [1.29, 1.82) is 0 Å². The largest absolute Gasteiger partial charge is 0.496 e. The summed E-state index contributed by atoms with van der Waals surface area (Å²) in [5, 5.41) is 3.97. The Morgan fingerprint density at radius 2 is 2.00 bits per heavy atom. The van der Waals surface area contributed by atoms with Gasteiger partial charge in [-0.1, -0.05) is 17.3 Å². The molecular formula is C16H21N3O3. The maximum absolute atomic E-state index is 12.0. The molecule has 2 rings (SSSR count). The molecule has 0 atom stereocenters. The average molecular weight is 303 g/mol. The highest BCUT2D eigenvalue weighted by molar-refractivity contribution is 5.76. The van der Waals surface area contributed by atoms with Gasteiger partial charge in [0, 0.05) is 25.9 Å². The number of aryl methyl sites for hydroxylation is 1. The van der Waals surface area contributed by atoms with Gasteiger partial charge >= 0.3 is 0 Å². The summed E-state index contributed by atoms with van der Waals surface area (Å²) in [6.45, 7) is 5.36. The topological polar surface area (TPSA) is 68.5 Å². The number of carbonyl (C=O) groups excluding carboxylic acids is 1. The number of carbonyl (C=O) groups is 1. The fraction of sp³-hybridized carbons (Fsp3) is 0.438. The fourth-order valence-corrected chi connectivity index (χ4v) is 2.24. The van der Waals surface area contributed by atoms with E-state index in [-0.39, 0.29) is 5.91 Å². The van der Waals surface area contributed by atoms with Crippen LogP contribution < -0.4 is 4.74 Å². The van der Waals surface area contributed by atoms with E-state index in [0.717, 1.165) is 5.56 Å². The summed E-state index contributed by atoms with van der Waals surface area (Å²) in [5.41, 5.74) is 0.773. The van der Waals surface area contributed by atoms with Gasteiger partial charge in [0.2, 0.25) is 17.6 Å². The summed E-state index contributed by atoms with van der Waals surface area (Å²) >= 11 is 0. The summed E-state index contributed by atoms with van der Waals surface area (Å²) < 4.78 is 10.5. The molecule has 118 valence electrons. The molecule has 22 heavy (non-hydrogen) atoms. The van der Waals surface area contributed by atoms with Gasteiger partial charge in [-0.25, -0.2) is 0 Å². The van der Waals surface area contributed by atoms with Crippen LogP contribution in [0.2, 0.25) is 0 Å². The number of nitrogens with zero attached hydrogens (tertiary/aromatic N) is 3. The Balaban J connectivity index is 2.04. The van der Waals surface area contributed by atoms with Gasteiger partial charge in [0.25, 0.3) is 0 Å². The minimum absolute atomic E-state index is 0.0991. The van der Waals surface area contributed by atoms with E-state index in [1.807, 2.05) is 38.1 Å². The van der Waals surface area contributed by atoms with Crippen LogP contribution in [-0.4, -0.2) is 41.1 Å². The van der Waals surface area contributed by atoms with Gasteiger partial charge in [-0.05, 0) is 26.0 Å². The summed E-state index contributed by atoms with van der Waals surface area (Å²) in [5.74, 6) is 1.72. The fourth-order valence-electron chi connectivity index (χ4n) is 2.24. The Morgan fingerprint density at radius 3 is 2.68 bits per heavy atom. The molecule has 1 amide bonds. The molecule has 0 aliphatic rings. The standard InChI is InChI=1S/C16H21N3O3/c1-4-19(5-2)15(20)11-10-14-17-16(18-22-14)12-8-6-7-9-13(12)21-3/h6-9H,4-5,10-11H2,1-3H3. The molecular weight excluding hydrogens is 282 g/mol. The molecule has 0 aliphatic carbocycles. The van der Waals surface area contributed by atoms with Gasteiger partial charge in [-0.15, -0.1) is 0 Å². The van der Waals surface area contributed by atoms with E-state index in [1.165, 1.54) is 0 Å². The second-order valence-electron chi connectivity index (χ2n) is 4.78. The molecule has 6 heteroatoms. The van der Waals surface area contributed by atoms with Crippen molar-refractivity contribution in [1.82, 2.24) is 15.0 Å². The Morgan fingerprint density at radius 1 is 1.27 bits per heavy atom. The number of amides is 1. The minimum Gasteiger partial charge on any atom is -0.496 e. The molecule has 0 unspecified atom stereocenters. The second-order valence-corrected chi connectivity index (χ2v) is 4.78. The quantitative estimate of drug-likeness (QED) is 0.786. The highest BCUT2D eigenvalue weighted by Gasteiger charge is 2.15. The predicted octanol–water partition coefficient (Wildman–Crippen LogP) is 2.55. The predicted molar refractivity (Wildman–Crippen MR) is 82.5 cm³/mol. The lowest BCUT2D eigenvalue weighted by Gasteiger charge is -2.17. The molecule has 2 aromatic rings. The summed E-state index contributed by atoms with van der Waals surface area (Å²) in [6, 6.07) is 7.48. The first-order valence-corrected chi connectivity index (χ1v) is 7.43. The molecule has 0 radical (unpaired) electrons. The van der Waals surface area contributed by atoms with E-state index in [0.29, 0.717) is 43.4 Å². The summed E-state index contributed by atoms with van der Waals surface area (Å²) in [4.78, 5) is 18.1. The van der Waals surface area contributed by atoms with Crippen molar-refractivity contribution in [3.05, 3.63) is 30.2 Å².